The van der Waals surface area contributed by atoms with Gasteiger partial charge in [-0.05, 0) is 83.5 Å². The Hall–Kier alpha value is -2.32. The molecular weight excluding hydrogens is 744 g/mol. The number of likely N-dealkylation sites (N-methyl/N-ethyl adjacent to an activating group) is 1. The number of phosphoric acid groups is 1. The lowest BCUT2D eigenvalue weighted by Gasteiger charge is -2.29. The van der Waals surface area contributed by atoms with Crippen molar-refractivity contribution in [3.63, 3.8) is 0 Å². The van der Waals surface area contributed by atoms with E-state index in [1.807, 2.05) is 27.2 Å². The van der Waals surface area contributed by atoms with Gasteiger partial charge in [-0.3, -0.25) is 9.36 Å². The normalized spacial score (nSPS) is 15.1. The molecular formula is C49H87N2O6P. The molecule has 0 fully saturated rings. The van der Waals surface area contributed by atoms with Crippen molar-refractivity contribution in [3.05, 3.63) is 85.1 Å². The number of carbonyl (C=O) groups is 1. The van der Waals surface area contributed by atoms with Crippen LogP contribution in [0.5, 0.6) is 0 Å². The Balaban J connectivity index is 4.53. The molecule has 0 aromatic heterocycles. The maximum absolute atomic E-state index is 12.9. The summed E-state index contributed by atoms with van der Waals surface area (Å²) in [6, 6.07) is -0.922. The van der Waals surface area contributed by atoms with Crippen LogP contribution in [0.1, 0.15) is 168 Å². The lowest BCUT2D eigenvalue weighted by Crippen LogP contribution is -2.45. The molecule has 0 aliphatic carbocycles. The molecule has 58 heavy (non-hydrogen) atoms. The Morgan fingerprint density at radius 2 is 1.07 bits per heavy atom. The second-order valence-corrected chi connectivity index (χ2v) is 17.8. The molecule has 0 spiro atoms. The summed E-state index contributed by atoms with van der Waals surface area (Å²) in [6.07, 6.45) is 54.9. The summed E-state index contributed by atoms with van der Waals surface area (Å²) >= 11 is 0. The van der Waals surface area contributed by atoms with Crippen molar-refractivity contribution in [2.75, 3.05) is 40.9 Å². The monoisotopic (exact) mass is 831 g/mol. The van der Waals surface area contributed by atoms with Crippen molar-refractivity contribution in [2.24, 2.45) is 0 Å². The summed E-state index contributed by atoms with van der Waals surface area (Å²) in [5, 5.41) is 13.8. The summed E-state index contributed by atoms with van der Waals surface area (Å²) in [6.45, 7) is 4.46. The minimum absolute atomic E-state index is 0.0166. The van der Waals surface area contributed by atoms with Gasteiger partial charge < -0.3 is 28.8 Å². The lowest BCUT2D eigenvalue weighted by molar-refractivity contribution is -0.870. The van der Waals surface area contributed by atoms with Gasteiger partial charge in [0.05, 0.1) is 39.9 Å². The van der Waals surface area contributed by atoms with Gasteiger partial charge in [0.15, 0.2) is 0 Å². The third kappa shape index (κ3) is 41.8. The van der Waals surface area contributed by atoms with Gasteiger partial charge in [-0.25, -0.2) is 0 Å². The van der Waals surface area contributed by atoms with E-state index in [1.165, 1.54) is 57.8 Å². The molecule has 0 aromatic carbocycles. The van der Waals surface area contributed by atoms with Crippen LogP contribution in [0, 0.1) is 0 Å². The molecule has 0 aromatic rings. The zero-order chi connectivity index (χ0) is 42.8. The molecule has 2 N–H and O–H groups in total. The van der Waals surface area contributed by atoms with Crippen LogP contribution in [0.4, 0.5) is 0 Å². The first kappa shape index (κ1) is 55.7. The molecule has 3 unspecified atom stereocenters. The third-order valence-corrected chi connectivity index (χ3v) is 10.5. The predicted octanol–water partition coefficient (Wildman–Crippen LogP) is 12.3. The number of amides is 1. The number of carbonyl (C=O) groups excluding carboxylic acids is 1. The smallest absolute Gasteiger partial charge is 0.268 e. The fraction of sp³-hybridized carbons (Fsp3) is 0.694. The first-order valence-corrected chi connectivity index (χ1v) is 24.4. The van der Waals surface area contributed by atoms with Crippen LogP contribution in [0.15, 0.2) is 85.1 Å². The second kappa shape index (κ2) is 40.1. The van der Waals surface area contributed by atoms with E-state index in [2.05, 4.69) is 92.1 Å². The molecule has 9 heteroatoms. The quantitative estimate of drug-likeness (QED) is 0.0276. The van der Waals surface area contributed by atoms with Crippen molar-refractivity contribution in [3.8, 4) is 0 Å². The fourth-order valence-electron chi connectivity index (χ4n) is 5.94. The molecule has 0 bridgehead atoms. The molecule has 0 radical (unpaired) electrons. The van der Waals surface area contributed by atoms with Crippen molar-refractivity contribution >= 4 is 13.7 Å². The van der Waals surface area contributed by atoms with Crippen LogP contribution in [0.25, 0.3) is 0 Å². The SMILES string of the molecule is CC/C=C\C/C=C\C/C=C\C/C=C\CCCCCCCCC(=O)NC(COP(=O)([O-])OCC[N+](C)(C)C)C(O)/C=C/CC/C=C/CC/C=C/CCCCCCCCC. The van der Waals surface area contributed by atoms with Crippen LogP contribution in [-0.4, -0.2) is 68.5 Å². The van der Waals surface area contributed by atoms with Gasteiger partial charge in [-0.2, -0.15) is 0 Å². The van der Waals surface area contributed by atoms with Gasteiger partial charge in [0, 0.05) is 6.42 Å². The van der Waals surface area contributed by atoms with Gasteiger partial charge in [0.25, 0.3) is 7.82 Å². The zero-order valence-electron chi connectivity index (χ0n) is 37.7. The third-order valence-electron chi connectivity index (χ3n) is 9.57. The van der Waals surface area contributed by atoms with Crippen molar-refractivity contribution in [1.82, 2.24) is 5.32 Å². The Kier molecular flexibility index (Phi) is 38.5. The number of aliphatic hydroxyl groups excluding tert-OH is 1. The highest BCUT2D eigenvalue weighted by Gasteiger charge is 2.23. The standard InChI is InChI=1S/C49H87N2O6P/c1-6-8-10-12-14-16-18-20-22-24-25-27-29-31-33-35-37-39-41-43-49(53)50-47(46-57-58(54,55)56-45-44-51(3,4)5)48(52)42-40-38-36-34-32-30-28-26-23-21-19-17-15-13-11-9-7-2/h8,10,14,16,20,22-23,25-27,32,34,40,42,47-48,52H,6-7,9,11-13,15,17-19,21,24,28-31,33,35-39,41,43-46H2,1-5H3,(H-,50,53,54,55)/b10-8-,16-14-,22-20-,26-23+,27-25-,34-32+,42-40+. The van der Waals surface area contributed by atoms with Gasteiger partial charge >= 0.3 is 0 Å². The molecule has 0 rings (SSSR count). The highest BCUT2D eigenvalue weighted by Crippen LogP contribution is 2.38. The lowest BCUT2D eigenvalue weighted by atomic mass is 10.1. The van der Waals surface area contributed by atoms with Crippen LogP contribution in [0.3, 0.4) is 0 Å². The number of quaternary nitrogens is 1. The van der Waals surface area contributed by atoms with Crippen molar-refractivity contribution < 1.29 is 32.9 Å². The molecule has 0 aliphatic rings. The summed E-state index contributed by atoms with van der Waals surface area (Å²) in [7, 11) is 1.21. The molecule has 1 amide bonds. The topological polar surface area (TPSA) is 108 Å². The first-order valence-electron chi connectivity index (χ1n) is 22.9. The van der Waals surface area contributed by atoms with Crippen LogP contribution >= 0.6 is 7.82 Å². The molecule has 0 saturated heterocycles. The maximum Gasteiger partial charge on any atom is 0.268 e. The zero-order valence-corrected chi connectivity index (χ0v) is 38.6. The second-order valence-electron chi connectivity index (χ2n) is 16.4. The molecule has 8 nitrogen and oxygen atoms in total. The summed E-state index contributed by atoms with van der Waals surface area (Å²) < 4.78 is 23.2. The first-order chi connectivity index (χ1) is 28.0. The van der Waals surface area contributed by atoms with E-state index in [1.54, 1.807) is 6.08 Å². The van der Waals surface area contributed by atoms with Crippen LogP contribution in [-0.2, 0) is 18.4 Å². The molecule has 3 atom stereocenters. The molecule has 334 valence electrons. The van der Waals surface area contributed by atoms with Gasteiger partial charge in [0.1, 0.15) is 13.2 Å². The van der Waals surface area contributed by atoms with E-state index in [-0.39, 0.29) is 12.5 Å². The minimum atomic E-state index is -4.61. The molecule has 0 saturated carbocycles. The summed E-state index contributed by atoms with van der Waals surface area (Å²) in [5.74, 6) is -0.230. The largest absolute Gasteiger partial charge is 0.756 e. The number of nitrogens with zero attached hydrogens (tertiary/aromatic N) is 1. The Bertz CT molecular complexity index is 1220. The van der Waals surface area contributed by atoms with Gasteiger partial charge in [-0.15, -0.1) is 0 Å². The molecule has 0 heterocycles. The van der Waals surface area contributed by atoms with Crippen LogP contribution < -0.4 is 10.2 Å². The molecule has 0 aliphatic heterocycles. The number of rotatable bonds is 40. The Labute approximate surface area is 356 Å². The van der Waals surface area contributed by atoms with Crippen LogP contribution in [0.2, 0.25) is 0 Å². The highest BCUT2D eigenvalue weighted by atomic mass is 31.2. The number of hydrogen-bond acceptors (Lipinski definition) is 6. The average Bonchev–Trinajstić information content (AvgIpc) is 3.17. The van der Waals surface area contributed by atoms with E-state index < -0.39 is 26.6 Å². The number of phosphoric ester groups is 1. The van der Waals surface area contributed by atoms with Crippen molar-refractivity contribution in [1.29, 1.82) is 0 Å². The van der Waals surface area contributed by atoms with E-state index in [4.69, 9.17) is 9.05 Å². The van der Waals surface area contributed by atoms with E-state index in [0.29, 0.717) is 17.4 Å². The summed E-state index contributed by atoms with van der Waals surface area (Å²) in [5.41, 5.74) is 0. The number of unbranched alkanes of at least 4 members (excludes halogenated alkanes) is 15. The number of aliphatic hydroxyl groups is 1. The average molecular weight is 831 g/mol. The maximum atomic E-state index is 12.9. The number of hydrogen-bond donors (Lipinski definition) is 2. The number of allylic oxidation sites excluding steroid dienone is 13. The Morgan fingerprint density at radius 1 is 0.621 bits per heavy atom. The van der Waals surface area contributed by atoms with Gasteiger partial charge in [-0.1, -0.05) is 163 Å². The van der Waals surface area contributed by atoms with E-state index >= 15 is 0 Å². The fourth-order valence-corrected chi connectivity index (χ4v) is 6.66. The van der Waals surface area contributed by atoms with E-state index in [0.717, 1.165) is 89.9 Å². The van der Waals surface area contributed by atoms with Gasteiger partial charge in [0.2, 0.25) is 5.91 Å². The van der Waals surface area contributed by atoms with Crippen molar-refractivity contribution in [2.45, 2.75) is 180 Å². The predicted molar refractivity (Wildman–Crippen MR) is 246 cm³/mol. The highest BCUT2D eigenvalue weighted by molar-refractivity contribution is 7.45. The minimum Gasteiger partial charge on any atom is -0.756 e. The Morgan fingerprint density at radius 3 is 1.60 bits per heavy atom. The summed E-state index contributed by atoms with van der Waals surface area (Å²) in [4.78, 5) is 25.3. The van der Waals surface area contributed by atoms with E-state index in [9.17, 15) is 19.4 Å². The number of nitrogens with one attached hydrogen (secondary N) is 1.